The highest BCUT2D eigenvalue weighted by Crippen LogP contribution is 2.41. The van der Waals surface area contributed by atoms with Gasteiger partial charge in [-0.05, 0) is 60.6 Å². The number of aliphatic hydroxyl groups is 1. The minimum Gasteiger partial charge on any atom is -1.00 e. The average molecular weight is 484 g/mol. The molecular formula is C20H20BrClN2O3S. The summed E-state index contributed by atoms with van der Waals surface area (Å²) >= 11 is 7.85. The van der Waals surface area contributed by atoms with E-state index in [1.807, 2.05) is 42.5 Å². The zero-order chi connectivity index (χ0) is 18.4. The van der Waals surface area contributed by atoms with Crippen molar-refractivity contribution in [2.24, 2.45) is 0 Å². The Morgan fingerprint density at radius 3 is 2.61 bits per heavy atom. The Bertz CT molecular complexity index is 924. The second-order valence-corrected chi connectivity index (χ2v) is 8.37. The van der Waals surface area contributed by atoms with Crippen LogP contribution in [0, 0.1) is 0 Å². The lowest BCUT2D eigenvalue weighted by atomic mass is 10.0. The monoisotopic (exact) mass is 482 g/mol. The SMILES string of the molecule is OC1(c2ccc3c(c2)OCCO3)CN(c2ccc(Cl)cc2)C2=[N+]1CCCS2.[Br-]. The topological polar surface area (TPSA) is 44.9 Å². The quantitative estimate of drug-likeness (QED) is 0.622. The van der Waals surface area contributed by atoms with Crippen LogP contribution in [0.1, 0.15) is 12.0 Å². The van der Waals surface area contributed by atoms with Crippen molar-refractivity contribution in [2.45, 2.75) is 12.1 Å². The van der Waals surface area contributed by atoms with E-state index in [0.29, 0.717) is 30.5 Å². The normalized spacial score (nSPS) is 23.3. The second-order valence-electron chi connectivity index (χ2n) is 6.87. The summed E-state index contributed by atoms with van der Waals surface area (Å²) in [6.07, 6.45) is 1.04. The van der Waals surface area contributed by atoms with Gasteiger partial charge in [0.15, 0.2) is 18.0 Å². The van der Waals surface area contributed by atoms with E-state index >= 15 is 0 Å². The molecule has 8 heteroatoms. The minimum absolute atomic E-state index is 0. The lowest BCUT2D eigenvalue weighted by Crippen LogP contribution is -3.00. The molecule has 0 fully saturated rings. The summed E-state index contributed by atoms with van der Waals surface area (Å²) < 4.78 is 13.5. The summed E-state index contributed by atoms with van der Waals surface area (Å²) in [6, 6.07) is 13.5. The Morgan fingerprint density at radius 1 is 1.07 bits per heavy atom. The number of fused-ring (bicyclic) bond motifs is 1. The first kappa shape index (κ1) is 19.9. The fourth-order valence-corrected chi connectivity index (χ4v) is 5.17. The molecule has 0 saturated carbocycles. The first-order chi connectivity index (χ1) is 13.1. The lowest BCUT2D eigenvalue weighted by Gasteiger charge is -2.26. The van der Waals surface area contributed by atoms with Crippen LogP contribution in [0.4, 0.5) is 5.69 Å². The predicted molar refractivity (Wildman–Crippen MR) is 107 cm³/mol. The number of hydrogen-bond donors (Lipinski definition) is 1. The third-order valence-electron chi connectivity index (χ3n) is 5.19. The van der Waals surface area contributed by atoms with E-state index in [-0.39, 0.29) is 17.0 Å². The van der Waals surface area contributed by atoms with Gasteiger partial charge in [0.25, 0.3) is 5.72 Å². The Morgan fingerprint density at radius 2 is 1.82 bits per heavy atom. The Hall–Kier alpha value is -1.41. The molecule has 3 aliphatic rings. The minimum atomic E-state index is -1.11. The van der Waals surface area contributed by atoms with Gasteiger partial charge >= 0.3 is 5.17 Å². The van der Waals surface area contributed by atoms with Crippen LogP contribution in [-0.4, -0.2) is 46.9 Å². The third-order valence-corrected chi connectivity index (χ3v) is 6.63. The summed E-state index contributed by atoms with van der Waals surface area (Å²) in [5, 5.41) is 13.6. The van der Waals surface area contributed by atoms with Crippen molar-refractivity contribution >= 4 is 34.2 Å². The Labute approximate surface area is 183 Å². The van der Waals surface area contributed by atoms with Crippen molar-refractivity contribution in [3.63, 3.8) is 0 Å². The van der Waals surface area contributed by atoms with E-state index in [4.69, 9.17) is 21.1 Å². The smallest absolute Gasteiger partial charge is 0.316 e. The van der Waals surface area contributed by atoms with Crippen LogP contribution < -0.4 is 31.4 Å². The standard InChI is InChI=1S/C20H20ClN2O3S.BrH/c21-15-3-5-16(6-4-15)22-13-20(24,23-8-1-11-27-19(22)23)14-2-7-17-18(12-14)26-10-9-25-17;/h2-7,12,24H,1,8-11,13H2;1H/q+1;/p-1. The number of hydrogen-bond acceptors (Lipinski definition) is 5. The molecule has 0 bridgehead atoms. The Balaban J connectivity index is 0.00000192. The zero-order valence-electron chi connectivity index (χ0n) is 15.1. The van der Waals surface area contributed by atoms with Crippen LogP contribution in [0.3, 0.4) is 0 Å². The van der Waals surface area contributed by atoms with Crippen LogP contribution in [0.2, 0.25) is 5.02 Å². The van der Waals surface area contributed by atoms with Crippen molar-refractivity contribution in [2.75, 3.05) is 37.0 Å². The molecule has 0 radical (unpaired) electrons. The highest BCUT2D eigenvalue weighted by Gasteiger charge is 2.53. The van der Waals surface area contributed by atoms with Crippen molar-refractivity contribution in [3.05, 3.63) is 53.1 Å². The van der Waals surface area contributed by atoms with Crippen molar-refractivity contribution in [1.82, 2.24) is 0 Å². The number of nitrogens with zero attached hydrogens (tertiary/aromatic N) is 2. The summed E-state index contributed by atoms with van der Waals surface area (Å²) in [7, 11) is 0. The molecule has 0 saturated heterocycles. The summed E-state index contributed by atoms with van der Waals surface area (Å²) in [6.45, 7) is 2.36. The lowest BCUT2D eigenvalue weighted by molar-refractivity contribution is -0.656. The van der Waals surface area contributed by atoms with Crippen LogP contribution in [-0.2, 0) is 5.72 Å². The highest BCUT2D eigenvalue weighted by molar-refractivity contribution is 8.13. The van der Waals surface area contributed by atoms with Gasteiger partial charge in [-0.2, -0.15) is 0 Å². The van der Waals surface area contributed by atoms with Gasteiger partial charge in [0.05, 0.1) is 6.54 Å². The van der Waals surface area contributed by atoms with E-state index in [1.165, 1.54) is 0 Å². The first-order valence-corrected chi connectivity index (χ1v) is 10.4. The number of β-amino-alcohol motifs (C(OH)–C–C–N with tert-alkyl or cyclic N) is 1. The largest absolute Gasteiger partial charge is 1.00 e. The van der Waals surface area contributed by atoms with E-state index in [0.717, 1.165) is 40.9 Å². The summed E-state index contributed by atoms with van der Waals surface area (Å²) in [5.74, 6) is 2.48. The molecule has 0 spiro atoms. The molecule has 3 aliphatic heterocycles. The van der Waals surface area contributed by atoms with Crippen molar-refractivity contribution in [1.29, 1.82) is 0 Å². The number of rotatable bonds is 2. The van der Waals surface area contributed by atoms with E-state index in [9.17, 15) is 5.11 Å². The van der Waals surface area contributed by atoms with Gasteiger partial charge in [-0.25, -0.2) is 9.48 Å². The second kappa shape index (κ2) is 7.78. The first-order valence-electron chi connectivity index (χ1n) is 9.08. The fraction of sp³-hybridized carbons (Fsp3) is 0.350. The predicted octanol–water partition coefficient (Wildman–Crippen LogP) is 0.286. The van der Waals surface area contributed by atoms with E-state index in [1.54, 1.807) is 11.8 Å². The number of anilines is 1. The highest BCUT2D eigenvalue weighted by atomic mass is 79.9. The molecule has 0 amide bonds. The maximum atomic E-state index is 11.8. The van der Waals surface area contributed by atoms with Gasteiger partial charge in [-0.1, -0.05) is 11.6 Å². The van der Waals surface area contributed by atoms with Crippen LogP contribution in [0.15, 0.2) is 42.5 Å². The molecular weight excluding hydrogens is 464 g/mol. The molecule has 3 heterocycles. The fourth-order valence-electron chi connectivity index (χ4n) is 3.86. The molecule has 5 nitrogen and oxygen atoms in total. The van der Waals surface area contributed by atoms with E-state index < -0.39 is 5.72 Å². The summed E-state index contributed by atoms with van der Waals surface area (Å²) in [5.41, 5.74) is 0.739. The van der Waals surface area contributed by atoms with Crippen LogP contribution in [0.5, 0.6) is 11.5 Å². The molecule has 5 rings (SSSR count). The number of ether oxygens (including phenoxy) is 2. The molecule has 0 aromatic heterocycles. The number of amidine groups is 1. The average Bonchev–Trinajstić information content (AvgIpc) is 3.03. The third kappa shape index (κ3) is 3.28. The Kier molecular flexibility index (Phi) is 5.53. The number of benzene rings is 2. The number of halogens is 2. The molecule has 1 N–H and O–H groups in total. The molecule has 0 aliphatic carbocycles. The number of thioether (sulfide) groups is 1. The van der Waals surface area contributed by atoms with Gasteiger partial charge in [0.1, 0.15) is 18.9 Å². The van der Waals surface area contributed by atoms with E-state index in [2.05, 4.69) is 9.48 Å². The van der Waals surface area contributed by atoms with Gasteiger partial charge in [0, 0.05) is 16.3 Å². The van der Waals surface area contributed by atoms with Crippen LogP contribution >= 0.6 is 23.4 Å². The molecule has 1 unspecified atom stereocenters. The van der Waals surface area contributed by atoms with Gasteiger partial charge in [-0.15, -0.1) is 0 Å². The molecule has 28 heavy (non-hydrogen) atoms. The zero-order valence-corrected chi connectivity index (χ0v) is 18.3. The molecule has 2 aromatic carbocycles. The van der Waals surface area contributed by atoms with Crippen LogP contribution in [0.25, 0.3) is 0 Å². The summed E-state index contributed by atoms with van der Waals surface area (Å²) in [4.78, 5) is 2.18. The van der Waals surface area contributed by atoms with Gasteiger partial charge < -0.3 is 31.6 Å². The molecule has 2 aromatic rings. The molecule has 148 valence electrons. The van der Waals surface area contributed by atoms with Crippen molar-refractivity contribution in [3.8, 4) is 11.5 Å². The van der Waals surface area contributed by atoms with Crippen molar-refractivity contribution < 1.29 is 36.1 Å². The molecule has 1 atom stereocenters. The maximum absolute atomic E-state index is 11.8. The van der Waals surface area contributed by atoms with Gasteiger partial charge in [0.2, 0.25) is 0 Å². The maximum Gasteiger partial charge on any atom is 0.316 e. The van der Waals surface area contributed by atoms with Gasteiger partial charge in [-0.3, -0.25) is 0 Å².